The van der Waals surface area contributed by atoms with E-state index in [1.54, 1.807) is 0 Å². The highest BCUT2D eigenvalue weighted by Crippen LogP contribution is 2.11. The van der Waals surface area contributed by atoms with Gasteiger partial charge in [0.1, 0.15) is 0 Å². The summed E-state index contributed by atoms with van der Waals surface area (Å²) < 4.78 is 11.8. The van der Waals surface area contributed by atoms with Gasteiger partial charge in [0.25, 0.3) is 0 Å². The van der Waals surface area contributed by atoms with Gasteiger partial charge in [-0.15, -0.1) is 0 Å². The Morgan fingerprint density at radius 3 is 2.80 bits per heavy atom. The Labute approximate surface area is 64.1 Å². The Morgan fingerprint density at radius 2 is 2.40 bits per heavy atom. The van der Waals surface area contributed by atoms with Crippen molar-refractivity contribution in [2.24, 2.45) is 0 Å². The minimum atomic E-state index is -0.712. The van der Waals surface area contributed by atoms with E-state index in [0.717, 1.165) is 19.3 Å². The van der Waals surface area contributed by atoms with Crippen LogP contribution < -0.4 is 0 Å². The summed E-state index contributed by atoms with van der Waals surface area (Å²) >= 11 is 0. The molecule has 0 N–H and O–H groups in total. The molecule has 0 radical (unpaired) electrons. The molecule has 0 fully saturated rings. The first-order valence-corrected chi connectivity index (χ1v) is 5.62. The first kappa shape index (κ1) is 9.64. The molecule has 0 rings (SSSR count). The number of nitriles is 1. The molecule has 0 amide bonds. The van der Waals surface area contributed by atoms with Gasteiger partial charge in [-0.25, -0.2) is 0 Å². The normalized spacial score (nSPS) is 13.7. The summed E-state index contributed by atoms with van der Waals surface area (Å²) in [5, 5.41) is 8.50. The standard InChI is InChI=1S/C7H14FNSi/c1-2-3-4-7(5-9)10-6-8/h7H,2-4,6,10H2,1H3. The van der Waals surface area contributed by atoms with Crippen molar-refractivity contribution in [1.29, 1.82) is 5.26 Å². The van der Waals surface area contributed by atoms with Crippen LogP contribution >= 0.6 is 0 Å². The SMILES string of the molecule is CCCCC(C#N)[SiH2]CF. The van der Waals surface area contributed by atoms with Crippen molar-refractivity contribution in [2.75, 3.05) is 6.30 Å². The molecule has 0 aliphatic heterocycles. The van der Waals surface area contributed by atoms with Crippen LogP contribution in [0.15, 0.2) is 0 Å². The number of alkyl halides is 1. The lowest BCUT2D eigenvalue weighted by molar-refractivity contribution is 0.586. The zero-order valence-corrected chi connectivity index (χ0v) is 7.85. The van der Waals surface area contributed by atoms with E-state index in [2.05, 4.69) is 13.0 Å². The second kappa shape index (κ2) is 6.75. The maximum Gasteiger partial charge on any atom is 0.0785 e. The lowest BCUT2D eigenvalue weighted by Crippen LogP contribution is -2.03. The van der Waals surface area contributed by atoms with Crippen molar-refractivity contribution in [1.82, 2.24) is 0 Å². The maximum absolute atomic E-state index is 11.8. The second-order valence-electron chi connectivity index (χ2n) is 2.45. The smallest absolute Gasteiger partial charge is 0.0785 e. The molecule has 0 aromatic rings. The highest BCUT2D eigenvalue weighted by molar-refractivity contribution is 6.38. The van der Waals surface area contributed by atoms with E-state index in [1.165, 1.54) is 0 Å². The number of nitrogens with zero attached hydrogens (tertiary/aromatic N) is 1. The van der Waals surface area contributed by atoms with Crippen molar-refractivity contribution in [3.63, 3.8) is 0 Å². The Bertz CT molecular complexity index is 111. The Hall–Kier alpha value is -0.363. The predicted octanol–water partition coefficient (Wildman–Crippen LogP) is 1.58. The van der Waals surface area contributed by atoms with Crippen LogP contribution in [-0.2, 0) is 0 Å². The van der Waals surface area contributed by atoms with Gasteiger partial charge in [0.15, 0.2) is 0 Å². The van der Waals surface area contributed by atoms with Crippen LogP contribution in [0.2, 0.25) is 5.54 Å². The van der Waals surface area contributed by atoms with Crippen LogP contribution in [0.4, 0.5) is 4.39 Å². The summed E-state index contributed by atoms with van der Waals surface area (Å²) in [4.78, 5) is 0. The molecule has 1 atom stereocenters. The van der Waals surface area contributed by atoms with Gasteiger partial charge in [-0.1, -0.05) is 19.8 Å². The quantitative estimate of drug-likeness (QED) is 0.559. The van der Waals surface area contributed by atoms with E-state index in [9.17, 15) is 4.39 Å². The van der Waals surface area contributed by atoms with E-state index in [1.807, 2.05) is 0 Å². The number of rotatable bonds is 5. The molecule has 0 heterocycles. The van der Waals surface area contributed by atoms with Gasteiger partial charge in [-0.2, -0.15) is 5.26 Å². The summed E-state index contributed by atoms with van der Waals surface area (Å²) in [6, 6.07) is 2.16. The molecule has 3 heteroatoms. The molecule has 0 bridgehead atoms. The first-order valence-electron chi connectivity index (χ1n) is 3.80. The Morgan fingerprint density at radius 1 is 1.70 bits per heavy atom. The lowest BCUT2D eigenvalue weighted by atomic mass is 10.2. The molecule has 0 saturated carbocycles. The fraction of sp³-hybridized carbons (Fsp3) is 0.857. The minimum Gasteiger partial charge on any atom is -0.256 e. The molecule has 58 valence electrons. The lowest BCUT2D eigenvalue weighted by Gasteiger charge is -2.02. The largest absolute Gasteiger partial charge is 0.256 e. The predicted molar refractivity (Wildman–Crippen MR) is 43.4 cm³/mol. The van der Waals surface area contributed by atoms with Gasteiger partial charge in [0.2, 0.25) is 0 Å². The fourth-order valence-electron chi connectivity index (χ4n) is 0.856. The molecule has 1 nitrogen and oxygen atoms in total. The molecule has 0 aromatic heterocycles. The van der Waals surface area contributed by atoms with Gasteiger partial charge >= 0.3 is 0 Å². The topological polar surface area (TPSA) is 23.8 Å². The van der Waals surface area contributed by atoms with E-state index >= 15 is 0 Å². The summed E-state index contributed by atoms with van der Waals surface area (Å²) in [5.41, 5.74) is 0.0879. The molecule has 0 spiro atoms. The van der Waals surface area contributed by atoms with Crippen molar-refractivity contribution in [3.05, 3.63) is 0 Å². The van der Waals surface area contributed by atoms with Crippen molar-refractivity contribution in [2.45, 2.75) is 31.7 Å². The van der Waals surface area contributed by atoms with E-state index in [0.29, 0.717) is 0 Å². The van der Waals surface area contributed by atoms with E-state index in [-0.39, 0.29) is 11.8 Å². The van der Waals surface area contributed by atoms with Crippen molar-refractivity contribution < 1.29 is 4.39 Å². The monoisotopic (exact) mass is 159 g/mol. The summed E-state index contributed by atoms with van der Waals surface area (Å²) in [6.45, 7) is 2.09. The Balaban J connectivity index is 3.33. The van der Waals surface area contributed by atoms with Crippen molar-refractivity contribution >= 4 is 9.52 Å². The minimum absolute atomic E-state index is 0.0879. The van der Waals surface area contributed by atoms with Gasteiger partial charge < -0.3 is 0 Å². The Kier molecular flexibility index (Phi) is 6.51. The van der Waals surface area contributed by atoms with Crippen LogP contribution in [-0.4, -0.2) is 15.8 Å². The maximum atomic E-state index is 11.8. The van der Waals surface area contributed by atoms with Crippen LogP contribution in [0.25, 0.3) is 0 Å². The van der Waals surface area contributed by atoms with Crippen LogP contribution in [0, 0.1) is 11.3 Å². The number of hydrogen-bond donors (Lipinski definition) is 0. The molecule has 1 unspecified atom stereocenters. The summed E-state index contributed by atoms with van der Waals surface area (Å²) in [5.74, 6) is 0. The third-order valence-corrected chi connectivity index (χ3v) is 3.05. The fourth-order valence-corrected chi connectivity index (χ4v) is 1.83. The highest BCUT2D eigenvalue weighted by Gasteiger charge is 2.05. The second-order valence-corrected chi connectivity index (χ2v) is 4.39. The average molecular weight is 159 g/mol. The summed E-state index contributed by atoms with van der Waals surface area (Å²) in [7, 11) is -0.712. The molecular formula is C7H14FNSi. The zero-order valence-electron chi connectivity index (χ0n) is 6.44. The molecule has 10 heavy (non-hydrogen) atoms. The van der Waals surface area contributed by atoms with Gasteiger partial charge in [-0.3, -0.25) is 4.39 Å². The molecule has 0 aliphatic rings. The van der Waals surface area contributed by atoms with Gasteiger partial charge in [-0.05, 0) is 6.42 Å². The third-order valence-electron chi connectivity index (χ3n) is 1.55. The first-order chi connectivity index (χ1) is 4.85. The summed E-state index contributed by atoms with van der Waals surface area (Å²) in [6.07, 6.45) is 2.88. The average Bonchev–Trinajstić information content (AvgIpc) is 1.98. The van der Waals surface area contributed by atoms with Crippen molar-refractivity contribution in [3.8, 4) is 6.07 Å². The third kappa shape index (κ3) is 4.51. The van der Waals surface area contributed by atoms with E-state index in [4.69, 9.17) is 5.26 Å². The number of hydrogen-bond acceptors (Lipinski definition) is 1. The van der Waals surface area contributed by atoms with E-state index < -0.39 is 9.52 Å². The highest BCUT2D eigenvalue weighted by atomic mass is 28.2. The number of unbranched alkanes of at least 4 members (excludes halogenated alkanes) is 1. The van der Waals surface area contributed by atoms with Crippen LogP contribution in [0.5, 0.6) is 0 Å². The van der Waals surface area contributed by atoms with Gasteiger partial charge in [0, 0.05) is 5.54 Å². The molecular weight excluding hydrogens is 145 g/mol. The van der Waals surface area contributed by atoms with Gasteiger partial charge in [0.05, 0.1) is 21.9 Å². The molecule has 0 aliphatic carbocycles. The van der Waals surface area contributed by atoms with Crippen LogP contribution in [0.3, 0.4) is 0 Å². The molecule has 0 saturated heterocycles. The zero-order chi connectivity index (χ0) is 7.82. The molecule has 0 aromatic carbocycles. The number of halogens is 1. The van der Waals surface area contributed by atoms with Crippen LogP contribution in [0.1, 0.15) is 26.2 Å².